The number of aliphatic hydroxyl groups excluding tert-OH is 1. The van der Waals surface area contributed by atoms with Crippen LogP contribution in [0.3, 0.4) is 0 Å². The second-order valence-corrected chi connectivity index (χ2v) is 3.36. The molecule has 1 saturated carbocycles. The highest BCUT2D eigenvalue weighted by Gasteiger charge is 2.28. The van der Waals surface area contributed by atoms with Crippen LogP contribution < -0.4 is 5.32 Å². The maximum absolute atomic E-state index is 11.4. The third kappa shape index (κ3) is 2.99. The summed E-state index contributed by atoms with van der Waals surface area (Å²) in [5.74, 6) is -1.10. The first-order valence-corrected chi connectivity index (χ1v) is 4.89. The number of carbonyl (C=O) groups is 2. The Balaban J connectivity index is 2.38. The summed E-state index contributed by atoms with van der Waals surface area (Å²) in [5, 5.41) is 11.3. The molecule has 0 spiro atoms. The van der Waals surface area contributed by atoms with Crippen molar-refractivity contribution in [1.82, 2.24) is 10.2 Å². The number of hydrogen-bond donors (Lipinski definition) is 2. The smallest absolute Gasteiger partial charge is 0.311 e. The average Bonchev–Trinajstić information content (AvgIpc) is 2.96. The van der Waals surface area contributed by atoms with Gasteiger partial charge in [0.2, 0.25) is 0 Å². The fourth-order valence-electron chi connectivity index (χ4n) is 1.14. The minimum Gasteiger partial charge on any atom is -0.395 e. The summed E-state index contributed by atoms with van der Waals surface area (Å²) >= 11 is 0. The van der Waals surface area contributed by atoms with Crippen molar-refractivity contribution < 1.29 is 14.7 Å². The number of likely N-dealkylation sites (N-methyl/N-ethyl adjacent to an activating group) is 1. The fraction of sp³-hybridized carbons (Fsp3) is 0.778. The molecule has 0 bridgehead atoms. The van der Waals surface area contributed by atoms with Crippen LogP contribution in [0, 0.1) is 0 Å². The lowest BCUT2D eigenvalue weighted by atomic mass is 10.4. The molecule has 0 aliphatic heterocycles. The van der Waals surface area contributed by atoms with E-state index in [-0.39, 0.29) is 19.2 Å². The van der Waals surface area contributed by atoms with Gasteiger partial charge in [0.15, 0.2) is 0 Å². The molecule has 2 amide bonds. The number of amides is 2. The van der Waals surface area contributed by atoms with Crippen molar-refractivity contribution in [3.05, 3.63) is 0 Å². The first-order chi connectivity index (χ1) is 6.69. The Morgan fingerprint density at radius 3 is 2.57 bits per heavy atom. The zero-order chi connectivity index (χ0) is 10.6. The quantitative estimate of drug-likeness (QED) is 0.578. The molecule has 5 heteroatoms. The van der Waals surface area contributed by atoms with Gasteiger partial charge in [-0.15, -0.1) is 0 Å². The van der Waals surface area contributed by atoms with Crippen molar-refractivity contribution in [1.29, 1.82) is 0 Å². The van der Waals surface area contributed by atoms with Crippen LogP contribution >= 0.6 is 0 Å². The molecule has 0 saturated heterocycles. The molecule has 5 nitrogen and oxygen atoms in total. The van der Waals surface area contributed by atoms with Gasteiger partial charge in [0.25, 0.3) is 0 Å². The van der Waals surface area contributed by atoms with E-state index in [0.29, 0.717) is 6.54 Å². The Hall–Kier alpha value is -1.10. The van der Waals surface area contributed by atoms with Crippen LogP contribution in [-0.4, -0.2) is 47.6 Å². The van der Waals surface area contributed by atoms with E-state index in [1.807, 2.05) is 0 Å². The monoisotopic (exact) mass is 200 g/mol. The van der Waals surface area contributed by atoms with Gasteiger partial charge < -0.3 is 15.3 Å². The molecular weight excluding hydrogens is 184 g/mol. The number of rotatable bonds is 4. The Labute approximate surface area is 83.1 Å². The lowest BCUT2D eigenvalue weighted by molar-refractivity contribution is -0.146. The molecule has 0 radical (unpaired) electrons. The molecular formula is C9H16N2O3. The van der Waals surface area contributed by atoms with Crippen molar-refractivity contribution in [2.75, 3.05) is 19.7 Å². The van der Waals surface area contributed by atoms with Gasteiger partial charge in [0.1, 0.15) is 0 Å². The predicted octanol–water partition coefficient (Wildman–Crippen LogP) is -0.894. The van der Waals surface area contributed by atoms with E-state index in [1.54, 1.807) is 6.92 Å². The minimum absolute atomic E-state index is 0.115. The first-order valence-electron chi connectivity index (χ1n) is 4.89. The molecule has 0 heterocycles. The number of aliphatic hydroxyl groups is 1. The van der Waals surface area contributed by atoms with Gasteiger partial charge >= 0.3 is 11.8 Å². The number of carbonyl (C=O) groups excluding carboxylic acids is 2. The van der Waals surface area contributed by atoms with Gasteiger partial charge in [-0.1, -0.05) is 0 Å². The van der Waals surface area contributed by atoms with Crippen molar-refractivity contribution in [3.8, 4) is 0 Å². The molecule has 0 aromatic rings. The van der Waals surface area contributed by atoms with Crippen molar-refractivity contribution in [2.24, 2.45) is 0 Å². The highest BCUT2D eigenvalue weighted by Crippen LogP contribution is 2.18. The van der Waals surface area contributed by atoms with E-state index in [9.17, 15) is 9.59 Å². The topological polar surface area (TPSA) is 69.6 Å². The van der Waals surface area contributed by atoms with Crippen molar-refractivity contribution in [2.45, 2.75) is 25.8 Å². The SMILES string of the molecule is CCN(CCO)C(=O)C(=O)NC1CC1. The molecule has 2 N–H and O–H groups in total. The van der Waals surface area contributed by atoms with Gasteiger partial charge in [0.05, 0.1) is 6.61 Å². The molecule has 14 heavy (non-hydrogen) atoms. The van der Waals surface area contributed by atoms with Crippen LogP contribution in [-0.2, 0) is 9.59 Å². The molecule has 1 rings (SSSR count). The van der Waals surface area contributed by atoms with Crippen LogP contribution in [0.5, 0.6) is 0 Å². The summed E-state index contributed by atoms with van der Waals surface area (Å²) in [7, 11) is 0. The zero-order valence-electron chi connectivity index (χ0n) is 8.32. The van der Waals surface area contributed by atoms with Crippen LogP contribution in [0.25, 0.3) is 0 Å². The molecule has 80 valence electrons. The molecule has 0 atom stereocenters. The predicted molar refractivity (Wildman–Crippen MR) is 50.5 cm³/mol. The summed E-state index contributed by atoms with van der Waals surface area (Å²) in [6, 6.07) is 0.194. The number of hydrogen-bond acceptors (Lipinski definition) is 3. The van der Waals surface area contributed by atoms with Crippen molar-refractivity contribution >= 4 is 11.8 Å². The lowest BCUT2D eigenvalue weighted by Crippen LogP contribution is -2.44. The van der Waals surface area contributed by atoms with Gasteiger partial charge in [0, 0.05) is 19.1 Å². The largest absolute Gasteiger partial charge is 0.395 e. The Morgan fingerprint density at radius 1 is 1.50 bits per heavy atom. The highest BCUT2D eigenvalue weighted by atomic mass is 16.3. The van der Waals surface area contributed by atoms with Crippen LogP contribution in [0.4, 0.5) is 0 Å². The van der Waals surface area contributed by atoms with Crippen molar-refractivity contribution in [3.63, 3.8) is 0 Å². The van der Waals surface area contributed by atoms with Crippen LogP contribution in [0.15, 0.2) is 0 Å². The maximum atomic E-state index is 11.4. The summed E-state index contributed by atoms with van der Waals surface area (Å²) in [6.07, 6.45) is 1.93. The van der Waals surface area contributed by atoms with E-state index < -0.39 is 11.8 Å². The molecule has 0 aromatic heterocycles. The minimum atomic E-state index is -0.553. The average molecular weight is 200 g/mol. The second kappa shape index (κ2) is 4.95. The van der Waals surface area contributed by atoms with E-state index >= 15 is 0 Å². The molecule has 1 aliphatic rings. The molecule has 0 aromatic carbocycles. The van der Waals surface area contributed by atoms with E-state index in [1.165, 1.54) is 4.90 Å². The Morgan fingerprint density at radius 2 is 2.14 bits per heavy atom. The van der Waals surface area contributed by atoms with Gasteiger partial charge in [-0.3, -0.25) is 9.59 Å². The molecule has 0 unspecified atom stereocenters. The third-order valence-corrected chi connectivity index (χ3v) is 2.15. The number of nitrogens with one attached hydrogen (secondary N) is 1. The lowest BCUT2D eigenvalue weighted by Gasteiger charge is -2.18. The Kier molecular flexibility index (Phi) is 3.88. The highest BCUT2D eigenvalue weighted by molar-refractivity contribution is 6.35. The van der Waals surface area contributed by atoms with Gasteiger partial charge in [-0.25, -0.2) is 0 Å². The fourth-order valence-corrected chi connectivity index (χ4v) is 1.14. The summed E-state index contributed by atoms with van der Waals surface area (Å²) < 4.78 is 0. The third-order valence-electron chi connectivity index (χ3n) is 2.15. The van der Waals surface area contributed by atoms with Gasteiger partial charge in [-0.05, 0) is 19.8 Å². The second-order valence-electron chi connectivity index (χ2n) is 3.36. The van der Waals surface area contributed by atoms with Gasteiger partial charge in [-0.2, -0.15) is 0 Å². The van der Waals surface area contributed by atoms with E-state index in [4.69, 9.17) is 5.11 Å². The summed E-state index contributed by atoms with van der Waals surface area (Å²) in [6.45, 7) is 2.32. The zero-order valence-corrected chi connectivity index (χ0v) is 8.32. The molecule has 1 fully saturated rings. The molecule has 1 aliphatic carbocycles. The summed E-state index contributed by atoms with van der Waals surface area (Å²) in [5.41, 5.74) is 0. The standard InChI is InChI=1S/C9H16N2O3/c1-2-11(5-6-12)9(14)8(13)10-7-3-4-7/h7,12H,2-6H2,1H3,(H,10,13). The maximum Gasteiger partial charge on any atom is 0.311 e. The number of nitrogens with zero attached hydrogens (tertiary/aromatic N) is 1. The Bertz CT molecular complexity index is 226. The van der Waals surface area contributed by atoms with E-state index in [2.05, 4.69) is 5.32 Å². The summed E-state index contributed by atoms with van der Waals surface area (Å²) in [4.78, 5) is 24.0. The van der Waals surface area contributed by atoms with Crippen LogP contribution in [0.2, 0.25) is 0 Å². The van der Waals surface area contributed by atoms with E-state index in [0.717, 1.165) is 12.8 Å². The normalized spacial score (nSPS) is 15.0. The van der Waals surface area contributed by atoms with Crippen LogP contribution in [0.1, 0.15) is 19.8 Å². The first kappa shape index (κ1) is 11.0.